The summed E-state index contributed by atoms with van der Waals surface area (Å²) in [5.74, 6) is 0.617. The molecule has 1 aromatic rings. The van der Waals surface area contributed by atoms with Gasteiger partial charge in [0.1, 0.15) is 12.4 Å². The Hall–Kier alpha value is -1.27. The molecule has 1 saturated heterocycles. The highest BCUT2D eigenvalue weighted by Gasteiger charge is 2.32. The van der Waals surface area contributed by atoms with E-state index in [9.17, 15) is 8.42 Å². The zero-order chi connectivity index (χ0) is 14.6. The van der Waals surface area contributed by atoms with Gasteiger partial charge >= 0.3 is 0 Å². The molecule has 1 heterocycles. The van der Waals surface area contributed by atoms with Crippen molar-refractivity contribution >= 4 is 15.7 Å². The van der Waals surface area contributed by atoms with Gasteiger partial charge in [0.15, 0.2) is 0 Å². The summed E-state index contributed by atoms with van der Waals surface area (Å²) in [6.07, 6.45) is 2.79. The smallest absolute Gasteiger partial charge is 0.217 e. The first-order chi connectivity index (χ1) is 9.53. The Morgan fingerprint density at radius 2 is 2.25 bits per heavy atom. The van der Waals surface area contributed by atoms with E-state index in [4.69, 9.17) is 10.5 Å². The van der Waals surface area contributed by atoms with Crippen molar-refractivity contribution in [3.05, 3.63) is 24.3 Å². The van der Waals surface area contributed by atoms with Gasteiger partial charge in [-0.25, -0.2) is 8.42 Å². The van der Waals surface area contributed by atoms with Crippen LogP contribution in [0, 0.1) is 0 Å². The average Bonchev–Trinajstić information content (AvgIpc) is 2.87. The number of benzene rings is 1. The van der Waals surface area contributed by atoms with Gasteiger partial charge in [0.25, 0.3) is 0 Å². The molecular formula is C14H22N2O3S. The molecule has 1 aliphatic rings. The second-order valence-corrected chi connectivity index (χ2v) is 7.09. The van der Waals surface area contributed by atoms with E-state index < -0.39 is 10.0 Å². The van der Waals surface area contributed by atoms with Crippen molar-refractivity contribution in [3.8, 4) is 5.75 Å². The number of nitrogens with two attached hydrogens (primary N) is 1. The van der Waals surface area contributed by atoms with Crippen molar-refractivity contribution < 1.29 is 13.2 Å². The van der Waals surface area contributed by atoms with Crippen molar-refractivity contribution in [2.24, 2.45) is 0 Å². The second-order valence-electron chi connectivity index (χ2n) is 5.05. The monoisotopic (exact) mass is 298 g/mol. The number of hydrogen-bond acceptors (Lipinski definition) is 4. The van der Waals surface area contributed by atoms with Crippen molar-refractivity contribution in [1.29, 1.82) is 0 Å². The van der Waals surface area contributed by atoms with Crippen LogP contribution in [-0.4, -0.2) is 37.7 Å². The van der Waals surface area contributed by atoms with Gasteiger partial charge in [0.05, 0.1) is 5.75 Å². The fraction of sp³-hybridized carbons (Fsp3) is 0.571. The van der Waals surface area contributed by atoms with Gasteiger partial charge in [-0.1, -0.05) is 13.0 Å². The molecule has 0 saturated carbocycles. The molecule has 0 bridgehead atoms. The Bertz CT molecular complexity index is 545. The minimum absolute atomic E-state index is 0.0122. The average molecular weight is 298 g/mol. The van der Waals surface area contributed by atoms with Gasteiger partial charge in [-0.15, -0.1) is 0 Å². The zero-order valence-corrected chi connectivity index (χ0v) is 12.6. The first kappa shape index (κ1) is 15.1. The maximum absolute atomic E-state index is 12.3. The summed E-state index contributed by atoms with van der Waals surface area (Å²) >= 11 is 0. The summed E-state index contributed by atoms with van der Waals surface area (Å²) in [6.45, 7) is 2.82. The van der Waals surface area contributed by atoms with Crippen molar-refractivity contribution in [2.45, 2.75) is 32.2 Å². The minimum atomic E-state index is -3.22. The first-order valence-corrected chi connectivity index (χ1v) is 8.61. The van der Waals surface area contributed by atoms with Crippen LogP contribution in [0.2, 0.25) is 0 Å². The molecule has 2 rings (SSSR count). The molecular weight excluding hydrogens is 276 g/mol. The molecule has 5 nitrogen and oxygen atoms in total. The molecule has 0 amide bonds. The highest BCUT2D eigenvalue weighted by atomic mass is 32.2. The lowest BCUT2D eigenvalue weighted by molar-refractivity contribution is 0.330. The molecule has 0 aliphatic carbocycles. The molecule has 6 heteroatoms. The summed E-state index contributed by atoms with van der Waals surface area (Å²) in [7, 11) is -3.22. The number of hydrogen-bond donors (Lipinski definition) is 1. The number of rotatable bonds is 6. The van der Waals surface area contributed by atoms with E-state index in [0.29, 0.717) is 18.0 Å². The van der Waals surface area contributed by atoms with E-state index in [-0.39, 0.29) is 18.4 Å². The molecule has 1 fully saturated rings. The normalized spacial score (nSPS) is 20.1. The van der Waals surface area contributed by atoms with Crippen LogP contribution < -0.4 is 10.5 Å². The molecule has 1 unspecified atom stereocenters. The fourth-order valence-electron chi connectivity index (χ4n) is 2.57. The lowest BCUT2D eigenvalue weighted by Crippen LogP contribution is -2.38. The van der Waals surface area contributed by atoms with E-state index in [1.807, 2.05) is 6.92 Å². The number of anilines is 1. The summed E-state index contributed by atoms with van der Waals surface area (Å²) in [5, 5.41) is 0. The first-order valence-electron chi connectivity index (χ1n) is 7.01. The Balaban J connectivity index is 1.89. The van der Waals surface area contributed by atoms with Crippen LogP contribution in [0.25, 0.3) is 0 Å². The Labute approximate surface area is 120 Å². The van der Waals surface area contributed by atoms with E-state index in [1.165, 1.54) is 0 Å². The third-order valence-corrected chi connectivity index (χ3v) is 5.50. The van der Waals surface area contributed by atoms with E-state index in [0.717, 1.165) is 19.3 Å². The number of nitrogen functional groups attached to an aromatic ring is 1. The zero-order valence-electron chi connectivity index (χ0n) is 11.8. The quantitative estimate of drug-likeness (QED) is 0.814. The standard InChI is InChI=1S/C14H22N2O3S/c1-2-13-6-4-8-16(13)20(17,18)10-9-19-14-7-3-5-12(15)11-14/h3,5,7,11,13H,2,4,6,8-10,15H2,1H3. The molecule has 0 radical (unpaired) electrons. The van der Waals surface area contributed by atoms with Crippen LogP contribution in [0.15, 0.2) is 24.3 Å². The predicted molar refractivity (Wildman–Crippen MR) is 80.2 cm³/mol. The molecule has 1 atom stereocenters. The van der Waals surface area contributed by atoms with Crippen molar-refractivity contribution in [2.75, 3.05) is 24.6 Å². The van der Waals surface area contributed by atoms with Gasteiger partial charge in [-0.2, -0.15) is 4.31 Å². The topological polar surface area (TPSA) is 72.6 Å². The van der Waals surface area contributed by atoms with Crippen molar-refractivity contribution in [1.82, 2.24) is 4.31 Å². The third kappa shape index (κ3) is 3.64. The summed E-state index contributed by atoms with van der Waals surface area (Å²) in [4.78, 5) is 0. The third-order valence-electron chi connectivity index (χ3n) is 3.62. The highest BCUT2D eigenvalue weighted by Crippen LogP contribution is 2.23. The second kappa shape index (κ2) is 6.45. The minimum Gasteiger partial charge on any atom is -0.492 e. The van der Waals surface area contributed by atoms with Crippen molar-refractivity contribution in [3.63, 3.8) is 0 Å². The summed E-state index contributed by atoms with van der Waals surface area (Å²) in [6, 6.07) is 7.17. The van der Waals surface area contributed by atoms with Crippen LogP contribution in [0.4, 0.5) is 5.69 Å². The molecule has 0 aromatic heterocycles. The highest BCUT2D eigenvalue weighted by molar-refractivity contribution is 7.89. The van der Waals surface area contributed by atoms with Gasteiger partial charge in [0, 0.05) is 24.3 Å². The number of ether oxygens (including phenoxy) is 1. The van der Waals surface area contributed by atoms with Crippen LogP contribution in [0.5, 0.6) is 5.75 Å². The summed E-state index contributed by atoms with van der Waals surface area (Å²) in [5.41, 5.74) is 6.25. The van der Waals surface area contributed by atoms with Crippen LogP contribution in [-0.2, 0) is 10.0 Å². The lowest BCUT2D eigenvalue weighted by atomic mass is 10.2. The molecule has 2 N–H and O–H groups in total. The van der Waals surface area contributed by atoms with E-state index in [2.05, 4.69) is 0 Å². The summed E-state index contributed by atoms with van der Waals surface area (Å²) < 4.78 is 31.7. The Kier molecular flexibility index (Phi) is 4.88. The molecule has 20 heavy (non-hydrogen) atoms. The van der Waals surface area contributed by atoms with Crippen LogP contribution in [0.3, 0.4) is 0 Å². The van der Waals surface area contributed by atoms with Gasteiger partial charge < -0.3 is 10.5 Å². The predicted octanol–water partition coefficient (Wildman–Crippen LogP) is 1.85. The molecule has 1 aliphatic heterocycles. The Morgan fingerprint density at radius 1 is 1.45 bits per heavy atom. The molecule has 1 aromatic carbocycles. The van der Waals surface area contributed by atoms with Crippen LogP contribution >= 0.6 is 0 Å². The van der Waals surface area contributed by atoms with Gasteiger partial charge in [-0.3, -0.25) is 0 Å². The largest absolute Gasteiger partial charge is 0.492 e. The lowest BCUT2D eigenvalue weighted by Gasteiger charge is -2.22. The fourth-order valence-corrected chi connectivity index (χ4v) is 4.21. The van der Waals surface area contributed by atoms with E-state index >= 15 is 0 Å². The Morgan fingerprint density at radius 3 is 2.95 bits per heavy atom. The maximum Gasteiger partial charge on any atom is 0.217 e. The van der Waals surface area contributed by atoms with Gasteiger partial charge in [-0.05, 0) is 31.4 Å². The van der Waals surface area contributed by atoms with E-state index in [1.54, 1.807) is 28.6 Å². The molecule has 112 valence electrons. The SMILES string of the molecule is CCC1CCCN1S(=O)(=O)CCOc1cccc(N)c1. The van der Waals surface area contributed by atoms with Crippen LogP contribution in [0.1, 0.15) is 26.2 Å². The number of nitrogens with zero attached hydrogens (tertiary/aromatic N) is 1. The molecule has 0 spiro atoms. The number of sulfonamides is 1. The van der Waals surface area contributed by atoms with Gasteiger partial charge in [0.2, 0.25) is 10.0 Å². The maximum atomic E-state index is 12.3.